The lowest BCUT2D eigenvalue weighted by Crippen LogP contribution is -2.63. The van der Waals surface area contributed by atoms with Gasteiger partial charge in [-0.1, -0.05) is 30.1 Å². The molecule has 284 valence electrons. The van der Waals surface area contributed by atoms with E-state index < -0.39 is 124 Å². The van der Waals surface area contributed by atoms with Crippen molar-refractivity contribution < 1.29 is 89.7 Å². The average molecular weight is 721 g/mol. The molecule has 18 nitrogen and oxygen atoms in total. The summed E-state index contributed by atoms with van der Waals surface area (Å²) in [5, 5.41) is 123. The molecular weight excluding hydrogens is 672 g/mol. The summed E-state index contributed by atoms with van der Waals surface area (Å²) in [5.74, 6) is 10.1. The first-order valence-corrected chi connectivity index (χ1v) is 16.0. The summed E-state index contributed by atoms with van der Waals surface area (Å²) in [4.78, 5) is 0. The van der Waals surface area contributed by atoms with E-state index in [-0.39, 0.29) is 6.61 Å². The van der Waals surface area contributed by atoms with Crippen LogP contribution < -0.4 is 0 Å². The molecule has 0 saturated carbocycles. The first-order valence-electron chi connectivity index (χ1n) is 16.0. The minimum Gasteiger partial charge on any atom is -0.396 e. The van der Waals surface area contributed by atoms with E-state index in [1.807, 2.05) is 0 Å². The normalized spacial score (nSPS) is 40.5. The van der Waals surface area contributed by atoms with Crippen molar-refractivity contribution in [2.45, 2.75) is 124 Å². The van der Waals surface area contributed by atoms with Gasteiger partial charge in [-0.2, -0.15) is 0 Å². The van der Waals surface area contributed by atoms with Crippen LogP contribution >= 0.6 is 0 Å². The Bertz CT molecular complexity index is 1190. The predicted octanol–water partition coefficient (Wildman–Crippen LogP) is -5.91. The molecular formula is C32H48O18. The zero-order valence-electron chi connectivity index (χ0n) is 27.2. The molecule has 3 heterocycles. The Kier molecular flexibility index (Phi) is 17.6. The summed E-state index contributed by atoms with van der Waals surface area (Å²) < 4.78 is 33.2. The summed E-state index contributed by atoms with van der Waals surface area (Å²) in [6.07, 6.45) is -20.8. The summed E-state index contributed by atoms with van der Waals surface area (Å²) in [7, 11) is 0. The third-order valence-electron chi connectivity index (χ3n) is 8.10. The molecule has 0 amide bonds. The first-order chi connectivity index (χ1) is 23.9. The van der Waals surface area contributed by atoms with E-state index in [0.29, 0.717) is 12.8 Å². The van der Waals surface area contributed by atoms with Gasteiger partial charge in [0, 0.05) is 6.61 Å². The Morgan fingerprint density at radius 1 is 0.660 bits per heavy atom. The molecule has 0 bridgehead atoms. The number of aliphatic hydroxyl groups excluding tert-OH is 12. The molecule has 0 spiro atoms. The maximum absolute atomic E-state index is 10.7. The minimum absolute atomic E-state index is 0.0869. The van der Waals surface area contributed by atoms with Gasteiger partial charge in [-0.3, -0.25) is 0 Å². The SMILES string of the molecule is C/C=C/C#CC#C[C@@H](O)[C@H](/C=C/CCCO)O[C@H]1O[C@@H](CO[C@H]2O[C@@H](CO[C@H]3O[C@@H](CO)[C@H](O)[C@@H](O)[C@@H]3O)[C@H](O)[C@@H](O)[C@@H]2O)[C@H](O)[C@@H](O)[C@@H]1O. The molecule has 12 N–H and O–H groups in total. The molecule has 0 radical (unpaired) electrons. The number of hydrogen-bond acceptors (Lipinski definition) is 18. The second kappa shape index (κ2) is 20.8. The number of aliphatic hydroxyl groups is 12. The van der Waals surface area contributed by atoms with Gasteiger partial charge in [0.2, 0.25) is 0 Å². The lowest BCUT2D eigenvalue weighted by molar-refractivity contribution is -0.344. The highest BCUT2D eigenvalue weighted by Crippen LogP contribution is 2.28. The first kappa shape index (κ1) is 42.3. The quantitative estimate of drug-likeness (QED) is 0.0452. The number of ether oxygens (including phenoxy) is 6. The average Bonchev–Trinajstić information content (AvgIpc) is 3.11. The van der Waals surface area contributed by atoms with Gasteiger partial charge in [0.25, 0.3) is 0 Å². The number of rotatable bonds is 14. The molecule has 3 rings (SSSR count). The smallest absolute Gasteiger partial charge is 0.187 e. The third-order valence-corrected chi connectivity index (χ3v) is 8.10. The van der Waals surface area contributed by atoms with Crippen molar-refractivity contribution >= 4 is 0 Å². The van der Waals surface area contributed by atoms with Crippen LogP contribution in [0.3, 0.4) is 0 Å². The Hall–Kier alpha value is -2.12. The highest BCUT2D eigenvalue weighted by molar-refractivity contribution is 5.32. The maximum atomic E-state index is 10.7. The third kappa shape index (κ3) is 11.2. The van der Waals surface area contributed by atoms with Gasteiger partial charge in [0.15, 0.2) is 18.9 Å². The maximum Gasteiger partial charge on any atom is 0.187 e. The topological polar surface area (TPSA) is 298 Å². The van der Waals surface area contributed by atoms with Crippen LogP contribution in [0.15, 0.2) is 24.3 Å². The predicted molar refractivity (Wildman–Crippen MR) is 166 cm³/mol. The van der Waals surface area contributed by atoms with E-state index >= 15 is 0 Å². The zero-order valence-corrected chi connectivity index (χ0v) is 27.2. The second-order valence-corrected chi connectivity index (χ2v) is 11.8. The molecule has 0 aromatic carbocycles. The molecule has 3 aliphatic heterocycles. The second-order valence-electron chi connectivity index (χ2n) is 11.8. The van der Waals surface area contributed by atoms with Crippen LogP contribution in [0.4, 0.5) is 0 Å². The van der Waals surface area contributed by atoms with E-state index in [9.17, 15) is 56.2 Å². The van der Waals surface area contributed by atoms with E-state index in [1.165, 1.54) is 6.08 Å². The molecule has 50 heavy (non-hydrogen) atoms. The van der Waals surface area contributed by atoms with Crippen molar-refractivity contribution in [3.05, 3.63) is 24.3 Å². The molecule has 3 saturated heterocycles. The van der Waals surface area contributed by atoms with Gasteiger partial charge in [-0.05, 0) is 37.7 Å². The molecule has 0 aromatic heterocycles. The van der Waals surface area contributed by atoms with E-state index in [1.54, 1.807) is 25.2 Å². The van der Waals surface area contributed by atoms with Crippen molar-refractivity contribution in [2.24, 2.45) is 0 Å². The summed E-state index contributed by atoms with van der Waals surface area (Å²) in [6, 6.07) is 0. The summed E-state index contributed by atoms with van der Waals surface area (Å²) >= 11 is 0. The Morgan fingerprint density at radius 3 is 1.68 bits per heavy atom. The Morgan fingerprint density at radius 2 is 1.16 bits per heavy atom. The number of unbranched alkanes of at least 4 members (excludes halogenated alkanes) is 1. The fraction of sp³-hybridized carbons (Fsp3) is 0.750. The fourth-order valence-electron chi connectivity index (χ4n) is 5.12. The molecule has 17 atom stereocenters. The van der Waals surface area contributed by atoms with Crippen molar-refractivity contribution in [3.63, 3.8) is 0 Å². The van der Waals surface area contributed by atoms with E-state index in [2.05, 4.69) is 23.7 Å². The van der Waals surface area contributed by atoms with Gasteiger partial charge in [-0.25, -0.2) is 0 Å². The van der Waals surface area contributed by atoms with Gasteiger partial charge in [-0.15, -0.1) is 0 Å². The van der Waals surface area contributed by atoms with Crippen LogP contribution in [-0.4, -0.2) is 192 Å². The summed E-state index contributed by atoms with van der Waals surface area (Å²) in [5.41, 5.74) is 0. The summed E-state index contributed by atoms with van der Waals surface area (Å²) in [6.45, 7) is -0.301. The molecule has 0 aliphatic carbocycles. The largest absolute Gasteiger partial charge is 0.396 e. The van der Waals surface area contributed by atoms with E-state index in [4.69, 9.17) is 33.5 Å². The van der Waals surface area contributed by atoms with Crippen molar-refractivity contribution in [1.29, 1.82) is 0 Å². The minimum atomic E-state index is -1.86. The van der Waals surface area contributed by atoms with Gasteiger partial charge < -0.3 is 89.7 Å². The highest BCUT2D eigenvalue weighted by atomic mass is 16.7. The van der Waals surface area contributed by atoms with Crippen LogP contribution in [0.25, 0.3) is 0 Å². The van der Waals surface area contributed by atoms with Gasteiger partial charge in [0.05, 0.1) is 19.8 Å². The number of allylic oxidation sites excluding steroid dienone is 3. The van der Waals surface area contributed by atoms with Crippen LogP contribution in [0.5, 0.6) is 0 Å². The Labute approximate surface area is 288 Å². The molecule has 0 unspecified atom stereocenters. The molecule has 0 aromatic rings. The molecule has 3 fully saturated rings. The fourth-order valence-corrected chi connectivity index (χ4v) is 5.12. The molecule has 18 heteroatoms. The van der Waals surface area contributed by atoms with Crippen molar-refractivity contribution in [3.8, 4) is 23.7 Å². The number of hydrogen-bond donors (Lipinski definition) is 12. The van der Waals surface area contributed by atoms with Crippen LogP contribution in [0.2, 0.25) is 0 Å². The standard InChI is InChI=1S/C32H48O18/c1-2-3-4-5-7-10-16(35)17(11-8-6-9-12-33)47-32-29(44)26(41)23(38)20(50-32)15-46-31-28(43)25(40)22(37)19(49-31)14-45-30-27(42)24(39)21(36)18(13-34)48-30/h2-3,8,11,16-44H,6,9,12-15H2,1H3/b3-2+,11-8+/t16-,17+,18+,19+,20+,21+,22+,23+,24-,25-,26-,27+,28+,29+,30+,31+,32+/m1/s1. The van der Waals surface area contributed by atoms with Crippen LogP contribution in [0, 0.1) is 23.7 Å². The lowest BCUT2D eigenvalue weighted by atomic mass is 9.98. The highest BCUT2D eigenvalue weighted by Gasteiger charge is 2.49. The zero-order chi connectivity index (χ0) is 37.0. The van der Waals surface area contributed by atoms with Gasteiger partial charge in [0.1, 0.15) is 85.5 Å². The van der Waals surface area contributed by atoms with Crippen molar-refractivity contribution in [1.82, 2.24) is 0 Å². The van der Waals surface area contributed by atoms with Gasteiger partial charge >= 0.3 is 0 Å². The van der Waals surface area contributed by atoms with Crippen LogP contribution in [0.1, 0.15) is 19.8 Å². The Balaban J connectivity index is 1.67. The van der Waals surface area contributed by atoms with Crippen LogP contribution in [-0.2, 0) is 28.4 Å². The molecule has 3 aliphatic rings. The lowest BCUT2D eigenvalue weighted by Gasteiger charge is -2.44. The monoisotopic (exact) mass is 720 g/mol. The van der Waals surface area contributed by atoms with E-state index in [0.717, 1.165) is 0 Å². The van der Waals surface area contributed by atoms with Crippen molar-refractivity contribution in [2.75, 3.05) is 26.4 Å².